The van der Waals surface area contributed by atoms with Crippen LogP contribution in [-0.2, 0) is 11.2 Å². The quantitative estimate of drug-likeness (QED) is 0.663. The molecule has 3 heterocycles. The van der Waals surface area contributed by atoms with E-state index in [9.17, 15) is 9.59 Å². The molecule has 0 radical (unpaired) electrons. The molecule has 0 saturated heterocycles. The van der Waals surface area contributed by atoms with Crippen molar-refractivity contribution >= 4 is 11.8 Å². The SMILES string of the molecule is CN1C(=O)c2ccccc2[C@H](C(=O)NCCc2cnc[nH]2)[C@H]1c1ccc2c(c1)OCO2. The molecule has 2 N–H and O–H groups in total. The number of nitrogens with zero attached hydrogens (tertiary/aromatic N) is 2. The van der Waals surface area contributed by atoms with Gasteiger partial charge >= 0.3 is 0 Å². The average molecular weight is 418 g/mol. The molecule has 0 aliphatic carbocycles. The zero-order valence-electron chi connectivity index (χ0n) is 17.0. The van der Waals surface area contributed by atoms with Gasteiger partial charge in [0.05, 0.1) is 18.3 Å². The van der Waals surface area contributed by atoms with Gasteiger partial charge in [-0.1, -0.05) is 24.3 Å². The van der Waals surface area contributed by atoms with E-state index in [1.165, 1.54) is 0 Å². The Labute approximate surface area is 179 Å². The predicted octanol–water partition coefficient (Wildman–Crippen LogP) is 2.41. The van der Waals surface area contributed by atoms with E-state index in [0.717, 1.165) is 16.8 Å². The van der Waals surface area contributed by atoms with E-state index in [0.29, 0.717) is 30.0 Å². The maximum atomic E-state index is 13.4. The molecule has 31 heavy (non-hydrogen) atoms. The molecule has 158 valence electrons. The van der Waals surface area contributed by atoms with Crippen LogP contribution in [0, 0.1) is 0 Å². The third-order valence-corrected chi connectivity index (χ3v) is 5.85. The smallest absolute Gasteiger partial charge is 0.254 e. The van der Waals surface area contributed by atoms with E-state index in [-0.39, 0.29) is 18.6 Å². The Hall–Kier alpha value is -3.81. The minimum atomic E-state index is -0.555. The summed E-state index contributed by atoms with van der Waals surface area (Å²) >= 11 is 0. The third-order valence-electron chi connectivity index (χ3n) is 5.85. The Kier molecular flexibility index (Phi) is 4.82. The second-order valence-corrected chi connectivity index (χ2v) is 7.66. The summed E-state index contributed by atoms with van der Waals surface area (Å²) in [5.74, 6) is 0.486. The van der Waals surface area contributed by atoms with Crippen LogP contribution in [0.1, 0.15) is 39.1 Å². The Morgan fingerprint density at radius 1 is 1.23 bits per heavy atom. The lowest BCUT2D eigenvalue weighted by atomic mass is 9.79. The van der Waals surface area contributed by atoms with E-state index in [1.54, 1.807) is 30.5 Å². The molecule has 1 aromatic heterocycles. The molecule has 2 aliphatic heterocycles. The maximum absolute atomic E-state index is 13.4. The van der Waals surface area contributed by atoms with Crippen molar-refractivity contribution in [3.63, 3.8) is 0 Å². The highest BCUT2D eigenvalue weighted by Gasteiger charge is 2.42. The molecular weight excluding hydrogens is 396 g/mol. The number of nitrogens with one attached hydrogen (secondary N) is 2. The number of carbonyl (C=O) groups is 2. The van der Waals surface area contributed by atoms with Crippen LogP contribution in [0.3, 0.4) is 0 Å². The average Bonchev–Trinajstić information content (AvgIpc) is 3.47. The highest BCUT2D eigenvalue weighted by molar-refractivity contribution is 6.01. The molecule has 0 saturated carbocycles. The van der Waals surface area contributed by atoms with Crippen molar-refractivity contribution in [2.45, 2.75) is 18.4 Å². The lowest BCUT2D eigenvalue weighted by molar-refractivity contribution is -0.124. The Balaban J connectivity index is 1.49. The van der Waals surface area contributed by atoms with Gasteiger partial charge in [0, 0.05) is 37.5 Å². The molecule has 0 bridgehead atoms. The molecular formula is C23H22N4O4. The van der Waals surface area contributed by atoms with Crippen LogP contribution >= 0.6 is 0 Å². The molecule has 0 spiro atoms. The molecule has 2 aromatic carbocycles. The van der Waals surface area contributed by atoms with Crippen LogP contribution < -0.4 is 14.8 Å². The Morgan fingerprint density at radius 2 is 2.06 bits per heavy atom. The van der Waals surface area contributed by atoms with Crippen LogP contribution in [0.2, 0.25) is 0 Å². The molecule has 5 rings (SSSR count). The first-order valence-corrected chi connectivity index (χ1v) is 10.1. The van der Waals surface area contributed by atoms with Crippen molar-refractivity contribution in [1.29, 1.82) is 0 Å². The highest BCUT2D eigenvalue weighted by Crippen LogP contribution is 2.44. The van der Waals surface area contributed by atoms with Crippen LogP contribution in [0.15, 0.2) is 55.0 Å². The molecule has 0 unspecified atom stereocenters. The van der Waals surface area contributed by atoms with Gasteiger partial charge in [0.25, 0.3) is 5.91 Å². The summed E-state index contributed by atoms with van der Waals surface area (Å²) in [6.45, 7) is 0.629. The van der Waals surface area contributed by atoms with Crippen molar-refractivity contribution in [2.24, 2.45) is 0 Å². The summed E-state index contributed by atoms with van der Waals surface area (Å²) in [5.41, 5.74) is 3.05. The maximum Gasteiger partial charge on any atom is 0.254 e. The van der Waals surface area contributed by atoms with Gasteiger partial charge in [0.2, 0.25) is 12.7 Å². The fourth-order valence-corrected chi connectivity index (χ4v) is 4.32. The zero-order valence-corrected chi connectivity index (χ0v) is 17.0. The van der Waals surface area contributed by atoms with Crippen LogP contribution in [0.4, 0.5) is 0 Å². The summed E-state index contributed by atoms with van der Waals surface area (Å²) in [6.07, 6.45) is 4.00. The predicted molar refractivity (Wildman–Crippen MR) is 112 cm³/mol. The number of aromatic amines is 1. The number of imidazole rings is 1. The van der Waals surface area contributed by atoms with Gasteiger partial charge in [-0.3, -0.25) is 9.59 Å². The summed E-state index contributed by atoms with van der Waals surface area (Å²) in [5, 5.41) is 3.04. The zero-order chi connectivity index (χ0) is 21.4. The first-order valence-electron chi connectivity index (χ1n) is 10.1. The van der Waals surface area contributed by atoms with E-state index in [2.05, 4.69) is 15.3 Å². The van der Waals surface area contributed by atoms with Crippen molar-refractivity contribution < 1.29 is 19.1 Å². The van der Waals surface area contributed by atoms with Gasteiger partial charge in [0.15, 0.2) is 11.5 Å². The summed E-state index contributed by atoms with van der Waals surface area (Å²) in [6, 6.07) is 12.4. The number of aromatic nitrogens is 2. The lowest BCUT2D eigenvalue weighted by Gasteiger charge is -2.39. The van der Waals surface area contributed by atoms with Crippen LogP contribution in [0.25, 0.3) is 0 Å². The Bertz CT molecular complexity index is 1130. The van der Waals surface area contributed by atoms with Gasteiger partial charge in [0.1, 0.15) is 0 Å². The van der Waals surface area contributed by atoms with Gasteiger partial charge in [-0.25, -0.2) is 4.98 Å². The molecule has 2 aliphatic rings. The largest absolute Gasteiger partial charge is 0.454 e. The normalized spacial score (nSPS) is 19.3. The molecule has 3 aromatic rings. The highest BCUT2D eigenvalue weighted by atomic mass is 16.7. The molecule has 0 fully saturated rings. The fourth-order valence-electron chi connectivity index (χ4n) is 4.32. The second-order valence-electron chi connectivity index (χ2n) is 7.66. The first kappa shape index (κ1) is 19.2. The van der Waals surface area contributed by atoms with Crippen molar-refractivity contribution in [3.05, 3.63) is 77.4 Å². The van der Waals surface area contributed by atoms with E-state index < -0.39 is 12.0 Å². The number of H-pyrrole nitrogens is 1. The number of hydrogen-bond acceptors (Lipinski definition) is 5. The molecule has 2 atom stereocenters. The summed E-state index contributed by atoms with van der Waals surface area (Å²) in [7, 11) is 1.73. The summed E-state index contributed by atoms with van der Waals surface area (Å²) < 4.78 is 10.9. The number of likely N-dealkylation sites (N-methyl/N-ethyl adjacent to an activating group) is 1. The number of hydrogen-bond donors (Lipinski definition) is 2. The summed E-state index contributed by atoms with van der Waals surface area (Å²) in [4.78, 5) is 35.2. The second kappa shape index (κ2) is 7.79. The monoisotopic (exact) mass is 418 g/mol. The number of ether oxygens (including phenoxy) is 2. The van der Waals surface area contributed by atoms with E-state index >= 15 is 0 Å². The van der Waals surface area contributed by atoms with Crippen LogP contribution in [-0.4, -0.2) is 47.1 Å². The fraction of sp³-hybridized carbons (Fsp3) is 0.261. The number of benzene rings is 2. The van der Waals surface area contributed by atoms with Crippen molar-refractivity contribution in [3.8, 4) is 11.5 Å². The van der Waals surface area contributed by atoms with Crippen molar-refractivity contribution in [2.75, 3.05) is 20.4 Å². The van der Waals surface area contributed by atoms with Gasteiger partial charge in [-0.15, -0.1) is 0 Å². The third kappa shape index (κ3) is 3.39. The van der Waals surface area contributed by atoms with E-state index in [4.69, 9.17) is 9.47 Å². The minimum Gasteiger partial charge on any atom is -0.454 e. The van der Waals surface area contributed by atoms with Gasteiger partial charge in [-0.2, -0.15) is 0 Å². The molecule has 8 heteroatoms. The number of amides is 2. The topological polar surface area (TPSA) is 96.6 Å². The minimum absolute atomic E-state index is 0.111. The van der Waals surface area contributed by atoms with Crippen molar-refractivity contribution in [1.82, 2.24) is 20.2 Å². The molecule has 8 nitrogen and oxygen atoms in total. The van der Waals surface area contributed by atoms with Gasteiger partial charge in [-0.05, 0) is 29.3 Å². The van der Waals surface area contributed by atoms with Gasteiger partial charge < -0.3 is 24.7 Å². The Morgan fingerprint density at radius 3 is 2.90 bits per heavy atom. The lowest BCUT2D eigenvalue weighted by Crippen LogP contribution is -2.46. The number of carbonyl (C=O) groups excluding carboxylic acids is 2. The molecule has 2 amide bonds. The number of rotatable bonds is 5. The van der Waals surface area contributed by atoms with E-state index in [1.807, 2.05) is 36.4 Å². The first-order chi connectivity index (χ1) is 15.1. The van der Waals surface area contributed by atoms with Crippen LogP contribution in [0.5, 0.6) is 11.5 Å². The standard InChI is InChI=1S/C23H22N4O4/c1-27-21(14-6-7-18-19(10-14)31-13-30-18)20(16-4-2-3-5-17(16)23(27)29)22(28)25-9-8-15-11-24-12-26-15/h2-7,10-12,20-21H,8-9,13H2,1H3,(H,24,26)(H,25,28)/t20-,21+/m0/s1. The number of fused-ring (bicyclic) bond motifs is 2.